The smallest absolute Gasteiger partial charge is 0.159 e. The van der Waals surface area contributed by atoms with Gasteiger partial charge in [-0.1, -0.05) is 29.8 Å². The molecule has 94 valence electrons. The third kappa shape index (κ3) is 3.05. The molecule has 0 aliphatic rings. The van der Waals surface area contributed by atoms with Crippen LogP contribution in [0, 0.1) is 6.92 Å². The molecule has 1 N–H and O–H groups in total. The Hall–Kier alpha value is -1.94. The van der Waals surface area contributed by atoms with Gasteiger partial charge in [0.05, 0.1) is 12.4 Å². The van der Waals surface area contributed by atoms with E-state index in [1.54, 1.807) is 12.4 Å². The molecule has 0 aliphatic carbocycles. The highest BCUT2D eigenvalue weighted by Crippen LogP contribution is 2.17. The number of aromatic nitrogens is 2. The van der Waals surface area contributed by atoms with Crippen molar-refractivity contribution in [2.45, 2.75) is 20.1 Å². The molecule has 18 heavy (non-hydrogen) atoms. The molecule has 1 heterocycles. The van der Waals surface area contributed by atoms with Crippen molar-refractivity contribution in [2.75, 3.05) is 7.05 Å². The summed E-state index contributed by atoms with van der Waals surface area (Å²) in [5, 5.41) is 2.99. The lowest BCUT2D eigenvalue weighted by atomic mass is 10.1. The Bertz CT molecular complexity index is 493. The fraction of sp³-hybridized carbons (Fsp3) is 0.286. The van der Waals surface area contributed by atoms with Gasteiger partial charge in [0.2, 0.25) is 0 Å². The molecule has 1 aromatic heterocycles. The fourth-order valence-corrected chi connectivity index (χ4v) is 1.49. The maximum absolute atomic E-state index is 5.54. The van der Waals surface area contributed by atoms with E-state index in [1.165, 1.54) is 5.56 Å². The summed E-state index contributed by atoms with van der Waals surface area (Å²) in [7, 11) is 1.84. The molecule has 2 aromatic rings. The van der Waals surface area contributed by atoms with E-state index in [0.717, 1.165) is 5.56 Å². The topological polar surface area (TPSA) is 47.0 Å². The molecule has 1 atom stereocenters. The molecule has 2 rings (SSSR count). The van der Waals surface area contributed by atoms with Crippen LogP contribution in [0.5, 0.6) is 5.75 Å². The van der Waals surface area contributed by atoms with E-state index >= 15 is 0 Å². The normalized spacial score (nSPS) is 12.2. The molecule has 0 bridgehead atoms. The summed E-state index contributed by atoms with van der Waals surface area (Å²) >= 11 is 0. The second-order valence-corrected chi connectivity index (χ2v) is 4.16. The number of nitrogens with zero attached hydrogens (tertiary/aromatic N) is 2. The Morgan fingerprint density at radius 3 is 2.28 bits per heavy atom. The van der Waals surface area contributed by atoms with Gasteiger partial charge < -0.3 is 4.74 Å². The second kappa shape index (κ2) is 5.60. The SMILES string of the molecule is CNC(C)Oc1cnc(-c2ccc(C)cc2)nc1. The maximum atomic E-state index is 5.54. The highest BCUT2D eigenvalue weighted by atomic mass is 16.5. The lowest BCUT2D eigenvalue weighted by Crippen LogP contribution is -2.27. The molecular formula is C14H17N3O. The molecular weight excluding hydrogens is 226 g/mol. The average Bonchev–Trinajstić information content (AvgIpc) is 2.40. The quantitative estimate of drug-likeness (QED) is 0.838. The van der Waals surface area contributed by atoms with Gasteiger partial charge in [-0.2, -0.15) is 0 Å². The van der Waals surface area contributed by atoms with E-state index in [2.05, 4.69) is 22.2 Å². The predicted octanol–water partition coefficient (Wildman–Crippen LogP) is 2.40. The van der Waals surface area contributed by atoms with E-state index in [0.29, 0.717) is 11.6 Å². The Morgan fingerprint density at radius 2 is 1.72 bits per heavy atom. The van der Waals surface area contributed by atoms with Crippen LogP contribution in [0.25, 0.3) is 11.4 Å². The summed E-state index contributed by atoms with van der Waals surface area (Å²) in [6.45, 7) is 3.98. The molecule has 0 saturated heterocycles. The van der Waals surface area contributed by atoms with Crippen molar-refractivity contribution in [3.05, 3.63) is 42.2 Å². The van der Waals surface area contributed by atoms with Gasteiger partial charge in [-0.15, -0.1) is 0 Å². The minimum atomic E-state index is -0.0566. The van der Waals surface area contributed by atoms with E-state index in [-0.39, 0.29) is 6.23 Å². The van der Waals surface area contributed by atoms with Gasteiger partial charge in [0.15, 0.2) is 11.6 Å². The summed E-state index contributed by atoms with van der Waals surface area (Å²) in [6, 6.07) is 8.13. The Balaban J connectivity index is 2.14. The fourth-order valence-electron chi connectivity index (χ4n) is 1.49. The van der Waals surface area contributed by atoms with Crippen LogP contribution in [0.3, 0.4) is 0 Å². The third-order valence-corrected chi connectivity index (χ3v) is 2.66. The van der Waals surface area contributed by atoms with Gasteiger partial charge >= 0.3 is 0 Å². The van der Waals surface area contributed by atoms with Crippen LogP contribution < -0.4 is 10.1 Å². The summed E-state index contributed by atoms with van der Waals surface area (Å²) < 4.78 is 5.54. The molecule has 4 heteroatoms. The first kappa shape index (κ1) is 12.5. The molecule has 1 aromatic carbocycles. The van der Waals surface area contributed by atoms with Crippen LogP contribution in [0.1, 0.15) is 12.5 Å². The summed E-state index contributed by atoms with van der Waals surface area (Å²) in [5.41, 5.74) is 2.23. The first-order valence-corrected chi connectivity index (χ1v) is 5.92. The first-order chi connectivity index (χ1) is 8.69. The number of aryl methyl sites for hydroxylation is 1. The molecule has 1 unspecified atom stereocenters. The van der Waals surface area contributed by atoms with Crippen LogP contribution in [0.15, 0.2) is 36.7 Å². The lowest BCUT2D eigenvalue weighted by molar-refractivity contribution is 0.192. The maximum Gasteiger partial charge on any atom is 0.159 e. The summed E-state index contributed by atoms with van der Waals surface area (Å²) in [4.78, 5) is 8.60. The van der Waals surface area contributed by atoms with E-state index < -0.39 is 0 Å². The van der Waals surface area contributed by atoms with E-state index in [4.69, 9.17) is 4.74 Å². The predicted molar refractivity (Wildman–Crippen MR) is 71.4 cm³/mol. The zero-order valence-electron chi connectivity index (χ0n) is 10.8. The Kier molecular flexibility index (Phi) is 3.89. The van der Waals surface area contributed by atoms with Crippen LogP contribution in [-0.2, 0) is 0 Å². The third-order valence-electron chi connectivity index (χ3n) is 2.66. The van der Waals surface area contributed by atoms with Crippen LogP contribution in [0.4, 0.5) is 0 Å². The molecule has 0 spiro atoms. The number of hydrogen-bond acceptors (Lipinski definition) is 4. The van der Waals surface area contributed by atoms with Gasteiger partial charge in [-0.3, -0.25) is 5.32 Å². The van der Waals surface area contributed by atoms with Crippen molar-refractivity contribution < 1.29 is 4.74 Å². The molecule has 0 saturated carbocycles. The van der Waals surface area contributed by atoms with Crippen LogP contribution in [0.2, 0.25) is 0 Å². The monoisotopic (exact) mass is 243 g/mol. The lowest BCUT2D eigenvalue weighted by Gasteiger charge is -2.12. The zero-order valence-corrected chi connectivity index (χ0v) is 10.8. The average molecular weight is 243 g/mol. The van der Waals surface area contributed by atoms with Gasteiger partial charge in [0, 0.05) is 5.56 Å². The van der Waals surface area contributed by atoms with Gasteiger partial charge in [-0.25, -0.2) is 9.97 Å². The van der Waals surface area contributed by atoms with E-state index in [1.807, 2.05) is 38.2 Å². The zero-order chi connectivity index (χ0) is 13.0. The van der Waals surface area contributed by atoms with Gasteiger partial charge in [0.25, 0.3) is 0 Å². The molecule has 0 aliphatic heterocycles. The van der Waals surface area contributed by atoms with Gasteiger partial charge in [0.1, 0.15) is 6.23 Å². The van der Waals surface area contributed by atoms with Crippen LogP contribution in [-0.4, -0.2) is 23.2 Å². The molecule has 0 fully saturated rings. The Morgan fingerprint density at radius 1 is 1.11 bits per heavy atom. The molecule has 0 radical (unpaired) electrons. The number of benzene rings is 1. The van der Waals surface area contributed by atoms with Crippen molar-refractivity contribution in [1.29, 1.82) is 0 Å². The van der Waals surface area contributed by atoms with Crippen LogP contribution >= 0.6 is 0 Å². The van der Waals surface area contributed by atoms with Gasteiger partial charge in [-0.05, 0) is 20.9 Å². The number of rotatable bonds is 4. The molecule has 4 nitrogen and oxygen atoms in total. The standard InChI is InChI=1S/C14H17N3O/c1-10-4-6-12(7-5-10)14-16-8-13(9-17-14)18-11(2)15-3/h4-9,11,15H,1-3H3. The minimum Gasteiger partial charge on any atom is -0.472 e. The molecule has 0 amide bonds. The number of hydrogen-bond donors (Lipinski definition) is 1. The second-order valence-electron chi connectivity index (χ2n) is 4.16. The van der Waals surface area contributed by atoms with Crippen molar-refractivity contribution in [3.63, 3.8) is 0 Å². The number of ether oxygens (including phenoxy) is 1. The highest BCUT2D eigenvalue weighted by molar-refractivity contribution is 5.55. The van der Waals surface area contributed by atoms with Crippen molar-refractivity contribution in [3.8, 4) is 17.1 Å². The first-order valence-electron chi connectivity index (χ1n) is 5.92. The summed E-state index contributed by atoms with van der Waals surface area (Å²) in [5.74, 6) is 1.37. The Labute approximate surface area is 107 Å². The van der Waals surface area contributed by atoms with Crippen molar-refractivity contribution >= 4 is 0 Å². The van der Waals surface area contributed by atoms with Crippen molar-refractivity contribution in [2.24, 2.45) is 0 Å². The minimum absolute atomic E-state index is 0.0566. The van der Waals surface area contributed by atoms with E-state index in [9.17, 15) is 0 Å². The largest absolute Gasteiger partial charge is 0.472 e. The number of nitrogens with one attached hydrogen (secondary N) is 1. The van der Waals surface area contributed by atoms with Crippen molar-refractivity contribution in [1.82, 2.24) is 15.3 Å². The summed E-state index contributed by atoms with van der Waals surface area (Å²) in [6.07, 6.45) is 3.32. The highest BCUT2D eigenvalue weighted by Gasteiger charge is 2.04.